The van der Waals surface area contributed by atoms with Crippen LogP contribution in [0.2, 0.25) is 0 Å². The number of fused-ring (bicyclic) bond motifs is 4. The monoisotopic (exact) mass is 771 g/mol. The van der Waals surface area contributed by atoms with E-state index in [2.05, 4.69) is 54.6 Å². The van der Waals surface area contributed by atoms with Crippen LogP contribution in [-0.2, 0) is 5.41 Å². The summed E-state index contributed by atoms with van der Waals surface area (Å²) in [6.07, 6.45) is 8.24. The molecular weight excluding hydrogens is 733 g/mol. The minimum Gasteiger partial charge on any atom is -0.455 e. The van der Waals surface area contributed by atoms with Crippen LogP contribution >= 0.6 is 0 Å². The SMILES string of the molecule is Fc1ccc(-c2nc(-c3cc(-c4ccc(C56CC7CC(CC(C7)C5)C6)cc4)c4oc5ccccc5c4c3)nc(-c3ccc(-c4ccc(F)cc4)c4ccccc34)n2)cc1. The minimum atomic E-state index is -0.332. The van der Waals surface area contributed by atoms with Crippen LogP contribution in [-0.4, -0.2) is 15.0 Å². The van der Waals surface area contributed by atoms with Gasteiger partial charge < -0.3 is 4.42 Å². The van der Waals surface area contributed by atoms with Crippen molar-refractivity contribution in [2.45, 2.75) is 43.9 Å². The van der Waals surface area contributed by atoms with Gasteiger partial charge in [-0.05, 0) is 155 Å². The number of rotatable bonds is 6. The van der Waals surface area contributed by atoms with E-state index in [4.69, 9.17) is 19.4 Å². The number of furan rings is 1. The van der Waals surface area contributed by atoms with Gasteiger partial charge in [0.2, 0.25) is 0 Å². The molecule has 4 fully saturated rings. The van der Waals surface area contributed by atoms with Crippen LogP contribution in [0, 0.1) is 29.4 Å². The van der Waals surface area contributed by atoms with Crippen molar-refractivity contribution in [1.82, 2.24) is 15.0 Å². The molecule has 0 N–H and O–H groups in total. The Kier molecular flexibility index (Phi) is 7.75. The molecule has 9 aromatic rings. The molecule has 7 aromatic carbocycles. The summed E-state index contributed by atoms with van der Waals surface area (Å²) in [7, 11) is 0. The highest BCUT2D eigenvalue weighted by Crippen LogP contribution is 2.61. The Morgan fingerprint density at radius 2 is 0.949 bits per heavy atom. The van der Waals surface area contributed by atoms with Crippen molar-refractivity contribution >= 4 is 32.7 Å². The van der Waals surface area contributed by atoms with E-state index in [-0.39, 0.29) is 11.6 Å². The predicted octanol–water partition coefficient (Wildman–Crippen LogP) is 14.0. The molecule has 6 heteroatoms. The molecule has 0 atom stereocenters. The van der Waals surface area contributed by atoms with Gasteiger partial charge in [0.15, 0.2) is 17.5 Å². The zero-order chi connectivity index (χ0) is 39.2. The number of hydrogen-bond donors (Lipinski definition) is 0. The van der Waals surface area contributed by atoms with E-state index in [1.54, 1.807) is 24.3 Å². The number of nitrogens with zero attached hydrogens (tertiary/aromatic N) is 3. The lowest BCUT2D eigenvalue weighted by atomic mass is 9.48. The molecule has 4 aliphatic carbocycles. The second-order valence-corrected chi connectivity index (χ2v) is 17.3. The second kappa shape index (κ2) is 13.3. The first-order valence-electron chi connectivity index (χ1n) is 20.8. The third kappa shape index (κ3) is 5.79. The molecule has 2 heterocycles. The maximum atomic E-state index is 14.2. The Morgan fingerprint density at radius 1 is 0.441 bits per heavy atom. The first kappa shape index (κ1) is 34.5. The van der Waals surface area contributed by atoms with E-state index in [1.165, 1.54) is 68.4 Å². The Hall–Kier alpha value is -6.53. The van der Waals surface area contributed by atoms with E-state index in [0.717, 1.165) is 83.8 Å². The Morgan fingerprint density at radius 3 is 1.61 bits per heavy atom. The Bertz CT molecular complexity index is 3060. The normalized spacial score (nSPS) is 20.9. The molecule has 0 spiro atoms. The predicted molar refractivity (Wildman–Crippen MR) is 232 cm³/mol. The van der Waals surface area contributed by atoms with E-state index in [1.807, 2.05) is 42.5 Å². The molecular formula is C53H39F2N3O. The number of benzene rings is 7. The fraction of sp³-hybridized carbons (Fsp3) is 0.189. The van der Waals surface area contributed by atoms with Crippen LogP contribution in [0.4, 0.5) is 8.78 Å². The van der Waals surface area contributed by atoms with Crippen LogP contribution < -0.4 is 0 Å². The van der Waals surface area contributed by atoms with Gasteiger partial charge in [-0.3, -0.25) is 0 Å². The lowest BCUT2D eigenvalue weighted by Gasteiger charge is -2.57. The molecule has 4 bridgehead atoms. The highest BCUT2D eigenvalue weighted by Gasteiger charge is 2.51. The molecule has 286 valence electrons. The van der Waals surface area contributed by atoms with Crippen LogP contribution in [0.25, 0.3) is 89.1 Å². The zero-order valence-electron chi connectivity index (χ0n) is 32.3. The van der Waals surface area contributed by atoms with Gasteiger partial charge in [-0.1, -0.05) is 84.9 Å². The zero-order valence-corrected chi connectivity index (χ0v) is 32.3. The largest absolute Gasteiger partial charge is 0.455 e. The first-order valence-corrected chi connectivity index (χ1v) is 20.8. The van der Waals surface area contributed by atoms with Crippen LogP contribution in [0.3, 0.4) is 0 Å². The van der Waals surface area contributed by atoms with Gasteiger partial charge in [0.25, 0.3) is 0 Å². The van der Waals surface area contributed by atoms with Crippen molar-refractivity contribution in [3.63, 3.8) is 0 Å². The summed E-state index contributed by atoms with van der Waals surface area (Å²) in [6, 6.07) is 46.8. The van der Waals surface area contributed by atoms with Crippen molar-refractivity contribution in [3.8, 4) is 56.4 Å². The molecule has 4 saturated carbocycles. The minimum absolute atomic E-state index is 0.278. The van der Waals surface area contributed by atoms with Gasteiger partial charge in [-0.25, -0.2) is 23.7 Å². The van der Waals surface area contributed by atoms with Gasteiger partial charge in [-0.2, -0.15) is 0 Å². The molecule has 0 unspecified atom stereocenters. The molecule has 4 aliphatic rings. The van der Waals surface area contributed by atoms with Crippen molar-refractivity contribution < 1.29 is 13.2 Å². The highest BCUT2D eigenvalue weighted by atomic mass is 19.1. The smallest absolute Gasteiger partial charge is 0.164 e. The number of aromatic nitrogens is 3. The van der Waals surface area contributed by atoms with Gasteiger partial charge in [0.05, 0.1) is 0 Å². The molecule has 0 amide bonds. The summed E-state index contributed by atoms with van der Waals surface area (Å²) in [5.41, 5.74) is 9.73. The van der Waals surface area contributed by atoms with Crippen LogP contribution in [0.15, 0.2) is 150 Å². The summed E-state index contributed by atoms with van der Waals surface area (Å²) < 4.78 is 34.8. The molecule has 0 radical (unpaired) electrons. The Labute approximate surface area is 340 Å². The van der Waals surface area contributed by atoms with Crippen LogP contribution in [0.1, 0.15) is 44.1 Å². The maximum Gasteiger partial charge on any atom is 0.164 e. The van der Waals surface area contributed by atoms with Crippen molar-refractivity contribution in [2.75, 3.05) is 0 Å². The molecule has 0 aliphatic heterocycles. The van der Waals surface area contributed by atoms with Gasteiger partial charge in [0.1, 0.15) is 22.8 Å². The van der Waals surface area contributed by atoms with E-state index >= 15 is 0 Å². The average Bonchev–Trinajstić information content (AvgIpc) is 3.64. The summed E-state index contributed by atoms with van der Waals surface area (Å²) in [6.45, 7) is 0. The second-order valence-electron chi connectivity index (χ2n) is 17.3. The topological polar surface area (TPSA) is 51.8 Å². The molecule has 0 saturated heterocycles. The van der Waals surface area contributed by atoms with E-state index in [0.29, 0.717) is 28.5 Å². The highest BCUT2D eigenvalue weighted by molar-refractivity contribution is 6.11. The van der Waals surface area contributed by atoms with E-state index < -0.39 is 0 Å². The molecule has 13 rings (SSSR count). The lowest BCUT2D eigenvalue weighted by Crippen LogP contribution is -2.48. The first-order chi connectivity index (χ1) is 28.9. The third-order valence-electron chi connectivity index (χ3n) is 13.6. The maximum absolute atomic E-state index is 14.2. The molecule has 4 nitrogen and oxygen atoms in total. The van der Waals surface area contributed by atoms with Crippen molar-refractivity contribution in [2.24, 2.45) is 17.8 Å². The fourth-order valence-electron chi connectivity index (χ4n) is 11.4. The van der Waals surface area contributed by atoms with Crippen LogP contribution in [0.5, 0.6) is 0 Å². The van der Waals surface area contributed by atoms with E-state index in [9.17, 15) is 8.78 Å². The standard InChI is InChI=1S/C53H39F2N3O/c54-39-17-11-34(12-18-39)41-21-22-45(43-6-2-1-5-42(41)43)52-57-50(36-13-19-40(55)20-14-36)56-51(58-52)37-26-46(49-47(27-37)44-7-3-4-8-48(44)59-49)35-9-15-38(16-10-35)53-28-31-23-32(29-53)25-33(24-31)30-53/h1-22,26-27,31-33H,23-25,28-30H2. The van der Waals surface area contributed by atoms with Gasteiger partial charge in [0, 0.05) is 33.0 Å². The summed E-state index contributed by atoms with van der Waals surface area (Å²) in [4.78, 5) is 15.4. The molecule has 59 heavy (non-hydrogen) atoms. The van der Waals surface area contributed by atoms with Gasteiger partial charge in [-0.15, -0.1) is 0 Å². The quantitative estimate of drug-likeness (QED) is 0.169. The number of hydrogen-bond acceptors (Lipinski definition) is 4. The Balaban J connectivity index is 1.04. The van der Waals surface area contributed by atoms with Gasteiger partial charge >= 0.3 is 0 Å². The summed E-state index contributed by atoms with van der Waals surface area (Å²) in [5, 5.41) is 3.95. The average molecular weight is 772 g/mol. The molecule has 2 aromatic heterocycles. The van der Waals surface area contributed by atoms with Crippen molar-refractivity contribution in [3.05, 3.63) is 163 Å². The number of halogens is 2. The summed E-state index contributed by atoms with van der Waals surface area (Å²) >= 11 is 0. The summed E-state index contributed by atoms with van der Waals surface area (Å²) in [5.74, 6) is 3.46. The lowest BCUT2D eigenvalue weighted by molar-refractivity contribution is -0.00518. The fourth-order valence-corrected chi connectivity index (χ4v) is 11.4. The third-order valence-corrected chi connectivity index (χ3v) is 13.6. The van der Waals surface area contributed by atoms with Crippen molar-refractivity contribution in [1.29, 1.82) is 0 Å². The number of para-hydroxylation sites is 1.